The third-order valence-corrected chi connectivity index (χ3v) is 4.58. The quantitative estimate of drug-likeness (QED) is 0.897. The second-order valence-electron chi connectivity index (χ2n) is 5.99. The van der Waals surface area contributed by atoms with Crippen LogP contribution >= 0.6 is 0 Å². The number of rotatable bonds is 3. The SMILES string of the molecule is Cc1cccc(NC2CCN(c3ccccc3)CC2)c1C. The summed E-state index contributed by atoms with van der Waals surface area (Å²) >= 11 is 0. The molecule has 21 heavy (non-hydrogen) atoms. The fourth-order valence-corrected chi connectivity index (χ4v) is 3.05. The zero-order valence-electron chi connectivity index (χ0n) is 13.0. The Balaban J connectivity index is 1.60. The molecule has 2 heteroatoms. The number of anilines is 2. The highest BCUT2D eigenvalue weighted by molar-refractivity contribution is 5.54. The van der Waals surface area contributed by atoms with E-state index in [4.69, 9.17) is 0 Å². The van der Waals surface area contributed by atoms with Gasteiger partial charge in [-0.15, -0.1) is 0 Å². The van der Waals surface area contributed by atoms with E-state index in [0.29, 0.717) is 6.04 Å². The largest absolute Gasteiger partial charge is 0.382 e. The van der Waals surface area contributed by atoms with Crippen molar-refractivity contribution in [3.63, 3.8) is 0 Å². The van der Waals surface area contributed by atoms with Crippen LogP contribution in [0.2, 0.25) is 0 Å². The summed E-state index contributed by atoms with van der Waals surface area (Å²) in [6.07, 6.45) is 2.39. The molecule has 0 saturated carbocycles. The van der Waals surface area contributed by atoms with Crippen molar-refractivity contribution in [1.29, 1.82) is 0 Å². The average molecular weight is 280 g/mol. The molecule has 1 N–H and O–H groups in total. The highest BCUT2D eigenvalue weighted by Crippen LogP contribution is 2.24. The maximum absolute atomic E-state index is 3.74. The van der Waals surface area contributed by atoms with Crippen LogP contribution in [-0.2, 0) is 0 Å². The van der Waals surface area contributed by atoms with E-state index in [2.05, 4.69) is 72.6 Å². The Labute approximate surface area is 127 Å². The van der Waals surface area contributed by atoms with Gasteiger partial charge in [-0.3, -0.25) is 0 Å². The van der Waals surface area contributed by atoms with Crippen molar-refractivity contribution in [2.45, 2.75) is 32.7 Å². The highest BCUT2D eigenvalue weighted by atomic mass is 15.1. The van der Waals surface area contributed by atoms with E-state index in [9.17, 15) is 0 Å². The van der Waals surface area contributed by atoms with Crippen molar-refractivity contribution in [3.8, 4) is 0 Å². The fourth-order valence-electron chi connectivity index (χ4n) is 3.05. The van der Waals surface area contributed by atoms with E-state index in [-0.39, 0.29) is 0 Å². The van der Waals surface area contributed by atoms with E-state index in [0.717, 1.165) is 13.1 Å². The van der Waals surface area contributed by atoms with Gasteiger partial charge in [-0.1, -0.05) is 30.3 Å². The molecule has 2 nitrogen and oxygen atoms in total. The molecule has 1 aliphatic rings. The van der Waals surface area contributed by atoms with Gasteiger partial charge in [0.05, 0.1) is 0 Å². The monoisotopic (exact) mass is 280 g/mol. The Bertz CT molecular complexity index is 584. The molecule has 0 aliphatic carbocycles. The summed E-state index contributed by atoms with van der Waals surface area (Å²) < 4.78 is 0. The summed E-state index contributed by atoms with van der Waals surface area (Å²) in [6, 6.07) is 17.8. The van der Waals surface area contributed by atoms with Gasteiger partial charge in [0.1, 0.15) is 0 Å². The van der Waals surface area contributed by atoms with Gasteiger partial charge in [-0.25, -0.2) is 0 Å². The first-order chi connectivity index (χ1) is 10.2. The molecule has 2 aromatic carbocycles. The molecule has 0 amide bonds. The number of aryl methyl sites for hydroxylation is 1. The zero-order chi connectivity index (χ0) is 14.7. The third-order valence-electron chi connectivity index (χ3n) is 4.58. The van der Waals surface area contributed by atoms with Crippen molar-refractivity contribution >= 4 is 11.4 Å². The lowest BCUT2D eigenvalue weighted by Gasteiger charge is -2.34. The fraction of sp³-hybridized carbons (Fsp3) is 0.368. The highest BCUT2D eigenvalue weighted by Gasteiger charge is 2.19. The first-order valence-electron chi connectivity index (χ1n) is 7.87. The lowest BCUT2D eigenvalue weighted by molar-refractivity contribution is 0.526. The summed E-state index contributed by atoms with van der Waals surface area (Å²) in [5, 5.41) is 3.74. The molecule has 0 radical (unpaired) electrons. The molecule has 1 fully saturated rings. The molecule has 0 spiro atoms. The van der Waals surface area contributed by atoms with E-state index in [1.54, 1.807) is 0 Å². The van der Waals surface area contributed by atoms with Gasteiger partial charge in [0, 0.05) is 30.5 Å². The standard InChI is InChI=1S/C19H24N2/c1-15-7-6-10-19(16(15)2)20-17-11-13-21(14-12-17)18-8-4-3-5-9-18/h3-10,17,20H,11-14H2,1-2H3. The van der Waals surface area contributed by atoms with Gasteiger partial charge in [0.25, 0.3) is 0 Å². The van der Waals surface area contributed by atoms with Crippen LogP contribution in [0, 0.1) is 13.8 Å². The number of hydrogen-bond donors (Lipinski definition) is 1. The topological polar surface area (TPSA) is 15.3 Å². The lowest BCUT2D eigenvalue weighted by Crippen LogP contribution is -2.39. The van der Waals surface area contributed by atoms with Crippen LogP contribution < -0.4 is 10.2 Å². The molecular weight excluding hydrogens is 256 g/mol. The van der Waals surface area contributed by atoms with Gasteiger partial charge in [0.15, 0.2) is 0 Å². The minimum atomic E-state index is 0.588. The molecule has 110 valence electrons. The van der Waals surface area contributed by atoms with E-state index < -0.39 is 0 Å². The van der Waals surface area contributed by atoms with Gasteiger partial charge < -0.3 is 10.2 Å². The van der Waals surface area contributed by atoms with E-state index in [1.165, 1.54) is 35.3 Å². The van der Waals surface area contributed by atoms with Crippen LogP contribution in [0.1, 0.15) is 24.0 Å². The Morgan fingerprint density at radius 1 is 0.905 bits per heavy atom. The number of nitrogens with one attached hydrogen (secondary N) is 1. The average Bonchev–Trinajstić information content (AvgIpc) is 2.53. The second-order valence-corrected chi connectivity index (χ2v) is 5.99. The minimum Gasteiger partial charge on any atom is -0.382 e. The first-order valence-corrected chi connectivity index (χ1v) is 7.87. The van der Waals surface area contributed by atoms with Crippen molar-refractivity contribution in [2.24, 2.45) is 0 Å². The van der Waals surface area contributed by atoms with Crippen molar-refractivity contribution in [3.05, 3.63) is 59.7 Å². The minimum absolute atomic E-state index is 0.588. The Kier molecular flexibility index (Phi) is 4.14. The number of hydrogen-bond acceptors (Lipinski definition) is 2. The number of piperidine rings is 1. The summed E-state index contributed by atoms with van der Waals surface area (Å²) in [5.74, 6) is 0. The van der Waals surface area contributed by atoms with Crippen LogP contribution in [-0.4, -0.2) is 19.1 Å². The van der Waals surface area contributed by atoms with Gasteiger partial charge in [-0.2, -0.15) is 0 Å². The van der Waals surface area contributed by atoms with Crippen LogP contribution in [0.25, 0.3) is 0 Å². The number of para-hydroxylation sites is 1. The molecule has 2 aromatic rings. The van der Waals surface area contributed by atoms with E-state index >= 15 is 0 Å². The van der Waals surface area contributed by atoms with Gasteiger partial charge >= 0.3 is 0 Å². The Hall–Kier alpha value is -1.96. The summed E-state index contributed by atoms with van der Waals surface area (Å²) in [7, 11) is 0. The van der Waals surface area contributed by atoms with Crippen LogP contribution in [0.4, 0.5) is 11.4 Å². The summed E-state index contributed by atoms with van der Waals surface area (Å²) in [4.78, 5) is 2.49. The zero-order valence-corrected chi connectivity index (χ0v) is 13.0. The molecule has 1 heterocycles. The Morgan fingerprint density at radius 3 is 2.33 bits per heavy atom. The first kappa shape index (κ1) is 14.0. The van der Waals surface area contributed by atoms with Gasteiger partial charge in [-0.05, 0) is 56.0 Å². The van der Waals surface area contributed by atoms with Crippen molar-refractivity contribution in [1.82, 2.24) is 0 Å². The third kappa shape index (κ3) is 3.21. The van der Waals surface area contributed by atoms with Gasteiger partial charge in [0.2, 0.25) is 0 Å². The maximum atomic E-state index is 3.74. The maximum Gasteiger partial charge on any atom is 0.0374 e. The Morgan fingerprint density at radius 2 is 1.62 bits per heavy atom. The van der Waals surface area contributed by atoms with Crippen molar-refractivity contribution < 1.29 is 0 Å². The molecule has 1 saturated heterocycles. The molecule has 3 rings (SSSR count). The molecule has 0 atom stereocenters. The predicted molar refractivity (Wildman–Crippen MR) is 91.2 cm³/mol. The lowest BCUT2D eigenvalue weighted by atomic mass is 10.0. The van der Waals surface area contributed by atoms with E-state index in [1.807, 2.05) is 0 Å². The van der Waals surface area contributed by atoms with Crippen molar-refractivity contribution in [2.75, 3.05) is 23.3 Å². The number of benzene rings is 2. The van der Waals surface area contributed by atoms with Crippen LogP contribution in [0.3, 0.4) is 0 Å². The summed E-state index contributed by atoms with van der Waals surface area (Å²) in [6.45, 7) is 6.65. The molecule has 0 bridgehead atoms. The number of nitrogens with zero attached hydrogens (tertiary/aromatic N) is 1. The summed E-state index contributed by atoms with van der Waals surface area (Å²) in [5.41, 5.74) is 5.39. The normalized spacial score (nSPS) is 16.0. The predicted octanol–water partition coefficient (Wildman–Crippen LogP) is 4.38. The smallest absolute Gasteiger partial charge is 0.0374 e. The molecule has 0 aromatic heterocycles. The van der Waals surface area contributed by atoms with Crippen LogP contribution in [0.15, 0.2) is 48.5 Å². The molecule has 1 aliphatic heterocycles. The van der Waals surface area contributed by atoms with Crippen LogP contribution in [0.5, 0.6) is 0 Å². The second kappa shape index (κ2) is 6.21. The molecular formula is C19H24N2. The molecule has 0 unspecified atom stereocenters.